The molecule has 0 atom stereocenters. The van der Waals surface area contributed by atoms with Crippen molar-refractivity contribution in [1.29, 1.82) is 0 Å². The normalized spacial score (nSPS) is 10.9. The Morgan fingerprint density at radius 2 is 0.360 bits per heavy atom. The van der Waals surface area contributed by atoms with Gasteiger partial charge in [0.25, 0.3) is 0 Å². The molecule has 0 fully saturated rings. The third-order valence-electron chi connectivity index (χ3n) is 14.2. The first-order valence-corrected chi connectivity index (χ1v) is 32.3. The number of halogens is 2. The summed E-state index contributed by atoms with van der Waals surface area (Å²) in [6.07, 6.45) is 0. The van der Waals surface area contributed by atoms with Crippen LogP contribution in [-0.2, 0) is 19.6 Å². The second-order valence-corrected chi connectivity index (χ2v) is 27.7. The first-order chi connectivity index (χ1) is 36.7. The van der Waals surface area contributed by atoms with Crippen molar-refractivity contribution >= 4 is 120 Å². The van der Waals surface area contributed by atoms with Crippen molar-refractivity contribution in [3.05, 3.63) is 273 Å². The number of aryl methyl sites for hydroxylation is 6. The molecule has 75 heavy (non-hydrogen) atoms. The van der Waals surface area contributed by atoms with Gasteiger partial charge in [-0.15, -0.1) is 0 Å². The largest absolute Gasteiger partial charge is 0.577 e. The molecule has 0 radical (unpaired) electrons. The van der Waals surface area contributed by atoms with E-state index in [1.807, 2.05) is 0 Å². The molecule has 0 spiro atoms. The average Bonchev–Trinajstić information content (AvgIpc) is 3.48. The van der Waals surface area contributed by atoms with Crippen LogP contribution in [0.25, 0.3) is 75.8 Å². The van der Waals surface area contributed by atoms with Gasteiger partial charge in [0, 0.05) is 0 Å². The predicted molar refractivity (Wildman–Crippen MR) is 317 cm³/mol. The van der Waals surface area contributed by atoms with Crippen molar-refractivity contribution in [2.75, 3.05) is 0 Å². The summed E-state index contributed by atoms with van der Waals surface area (Å²) < 4.78 is 28.6. The van der Waals surface area contributed by atoms with Crippen LogP contribution in [0.1, 0.15) is 33.4 Å². The summed E-state index contributed by atoms with van der Waals surface area (Å²) in [6.45, 7) is 13.4. The molecule has 0 amide bonds. The minimum absolute atomic E-state index is 1.34. The minimum atomic E-state index is -2.75. The maximum Gasteiger partial charge on any atom is -0.423 e. The minimum Gasteiger partial charge on any atom is -0.577 e. The zero-order chi connectivity index (χ0) is 53.2. The standard InChI is InChI=1S/2C33H27As.2FH.2NO.W/c2*1-22-16-19-31(28-13-7-4-10-25(22)28)34(32-20-17-23(2)26-11-5-8-14-29(26)32)33-21-18-24(3)27-12-6-9-15-30(27)33;;;2*1-2;/h2*4-21H,1-3H3;2*1H;;;/q;;;;2*-1;+2/p-2. The molecule has 0 aliphatic carbocycles. The molecule has 0 heterocycles. The Hall–Kier alpha value is -6.93. The summed E-state index contributed by atoms with van der Waals surface area (Å²) in [6, 6.07) is 82.2. The number of nitrogens with zero attached hydrogens (tertiary/aromatic N) is 2. The van der Waals surface area contributed by atoms with Gasteiger partial charge in [0.1, 0.15) is 0 Å². The Labute approximate surface area is 456 Å². The zero-order valence-corrected chi connectivity index (χ0v) is 49.2. The molecule has 0 unspecified atom stereocenters. The van der Waals surface area contributed by atoms with E-state index in [0.717, 1.165) is 0 Å². The molecule has 0 aromatic heterocycles. The van der Waals surface area contributed by atoms with E-state index in [-0.39, 0.29) is 0 Å². The van der Waals surface area contributed by atoms with Crippen molar-refractivity contribution in [3.8, 4) is 0 Å². The summed E-state index contributed by atoms with van der Waals surface area (Å²) in [5.74, 6) is 0. The first kappa shape index (κ1) is 54.3. The quantitative estimate of drug-likeness (QED) is 0.156. The van der Waals surface area contributed by atoms with E-state index in [1.54, 1.807) is 0 Å². The Morgan fingerprint density at radius 3 is 0.493 bits per heavy atom. The number of hydrogen-bond donors (Lipinski definition) is 0. The molecule has 372 valence electrons. The van der Waals surface area contributed by atoms with Gasteiger partial charge in [-0.1, -0.05) is 0 Å². The van der Waals surface area contributed by atoms with Gasteiger partial charge in [0.05, 0.1) is 0 Å². The van der Waals surface area contributed by atoms with Crippen molar-refractivity contribution in [2.45, 2.75) is 41.5 Å². The number of benzene rings is 12. The number of fused-ring (bicyclic) bond motifs is 6. The maximum atomic E-state index is 9.79. The molecule has 0 saturated heterocycles. The Kier molecular flexibility index (Phi) is 18.2. The van der Waals surface area contributed by atoms with E-state index >= 15 is 0 Å². The van der Waals surface area contributed by atoms with Crippen LogP contribution in [0.4, 0.5) is 6.32 Å². The van der Waals surface area contributed by atoms with Crippen LogP contribution in [0, 0.1) is 51.4 Å². The van der Waals surface area contributed by atoms with Gasteiger partial charge in [-0.05, 0) is 0 Å². The van der Waals surface area contributed by atoms with Crippen molar-refractivity contribution in [3.63, 3.8) is 0 Å². The number of nitroso groups, excluding NO2 is 2. The van der Waals surface area contributed by atoms with Crippen molar-refractivity contribution < 1.29 is 25.9 Å². The van der Waals surface area contributed by atoms with Crippen LogP contribution in [0.2, 0.25) is 0 Å². The average molecular weight is 1280 g/mol. The molecule has 12 rings (SSSR count). The topological polar surface area (TPSA) is 78.7 Å². The Bertz CT molecular complexity index is 3340. The second kappa shape index (κ2) is 25.1. The Balaban J connectivity index is 0.000000178. The zero-order valence-electron chi connectivity index (χ0n) is 42.6. The van der Waals surface area contributed by atoms with Crippen molar-refractivity contribution in [2.24, 2.45) is 0 Å². The molecular formula is C66H54As2F2N2O2W-2. The van der Waals surface area contributed by atoms with Crippen molar-refractivity contribution in [1.82, 2.24) is 0 Å². The molecule has 0 N–H and O–H groups in total. The second-order valence-electron chi connectivity index (χ2n) is 18.4. The van der Waals surface area contributed by atoms with E-state index in [1.165, 1.54) is 124 Å². The number of rotatable bonds is 6. The molecule has 12 aromatic rings. The molecule has 12 aromatic carbocycles. The molecule has 9 heteroatoms. The molecule has 0 saturated carbocycles. The summed E-state index contributed by atoms with van der Waals surface area (Å²) >= 11 is -6.59. The van der Waals surface area contributed by atoms with Gasteiger partial charge in [0.2, 0.25) is 0 Å². The SMILES string of the molecule is Cc1ccc([As](c2ccc(C)c3ccccc23)c2ccc(C)c3ccccc23)c2ccccc12.Cc1ccc([As](c2ccc(C)c3ccccc23)c2ccc(C)c3ccccc23)c2ccccc12.[F][W][F].[N-]=O.[N-]=O. The van der Waals surface area contributed by atoms with Crippen LogP contribution in [-0.4, -0.2) is 29.3 Å². The monoisotopic (exact) mass is 1280 g/mol. The fourth-order valence-corrected chi connectivity index (χ4v) is 22.1. The van der Waals surface area contributed by atoms with Crippen LogP contribution < -0.4 is 26.1 Å². The van der Waals surface area contributed by atoms with Crippen LogP contribution >= 0.6 is 0 Å². The van der Waals surface area contributed by atoms with Crippen LogP contribution in [0.3, 0.4) is 0 Å². The van der Waals surface area contributed by atoms with Gasteiger partial charge >= 0.3 is 439 Å². The predicted octanol–water partition coefficient (Wildman–Crippen LogP) is 14.7. The van der Waals surface area contributed by atoms with E-state index in [4.69, 9.17) is 21.0 Å². The fraction of sp³-hybridized carbons (Fsp3) is 0.0909. The van der Waals surface area contributed by atoms with Gasteiger partial charge < -0.3 is 21.0 Å². The van der Waals surface area contributed by atoms with E-state index in [0.29, 0.717) is 0 Å². The molecular weight excluding hydrogens is 1220 g/mol. The third-order valence-corrected chi connectivity index (χ3v) is 25.1. The smallest absolute Gasteiger partial charge is 0.423 e. The van der Waals surface area contributed by atoms with Gasteiger partial charge in [-0.25, -0.2) is 0 Å². The maximum absolute atomic E-state index is 9.79. The summed E-state index contributed by atoms with van der Waals surface area (Å²) in [5.41, 5.74) is 19.6. The third kappa shape index (κ3) is 10.9. The first-order valence-electron chi connectivity index (χ1n) is 24.4. The molecule has 0 bridgehead atoms. The fourth-order valence-electron chi connectivity index (χ4n) is 10.6. The van der Waals surface area contributed by atoms with Gasteiger partial charge in [-0.3, -0.25) is 0 Å². The van der Waals surface area contributed by atoms with Gasteiger partial charge in [-0.2, -0.15) is 0 Å². The summed E-state index contributed by atoms with van der Waals surface area (Å²) in [5, 5.41) is 16.6. The summed E-state index contributed by atoms with van der Waals surface area (Å²) in [7, 11) is 0. The van der Waals surface area contributed by atoms with E-state index in [2.05, 4.69) is 260 Å². The Morgan fingerprint density at radius 1 is 0.240 bits per heavy atom. The summed E-state index contributed by atoms with van der Waals surface area (Å²) in [4.78, 5) is 14.5. The van der Waals surface area contributed by atoms with Crippen LogP contribution in [0.15, 0.2) is 218 Å². The molecule has 0 aliphatic heterocycles. The molecule has 4 nitrogen and oxygen atoms in total. The molecule has 0 aliphatic rings. The van der Waals surface area contributed by atoms with E-state index in [9.17, 15) is 6.32 Å². The van der Waals surface area contributed by atoms with Crippen LogP contribution in [0.5, 0.6) is 0 Å². The number of hydrogen-bond acceptors (Lipinski definition) is 2. The van der Waals surface area contributed by atoms with Gasteiger partial charge in [0.15, 0.2) is 0 Å². The van der Waals surface area contributed by atoms with E-state index < -0.39 is 48.9 Å².